The molecule has 130 valence electrons. The molecule has 2 aromatic carbocycles. The third-order valence-electron chi connectivity index (χ3n) is 5.60. The number of amides is 1. The summed E-state index contributed by atoms with van der Waals surface area (Å²) >= 11 is 0. The van der Waals surface area contributed by atoms with Gasteiger partial charge in [-0.25, -0.2) is 0 Å². The van der Waals surface area contributed by atoms with Crippen LogP contribution in [0.15, 0.2) is 30.3 Å². The second kappa shape index (κ2) is 6.55. The van der Waals surface area contributed by atoms with Crippen LogP contribution < -0.4 is 9.64 Å². The van der Waals surface area contributed by atoms with Gasteiger partial charge in [-0.15, -0.1) is 0 Å². The van der Waals surface area contributed by atoms with E-state index in [9.17, 15) is 4.79 Å². The molecule has 1 aliphatic carbocycles. The number of fused-ring (bicyclic) bond motifs is 2. The van der Waals surface area contributed by atoms with Gasteiger partial charge in [-0.05, 0) is 72.9 Å². The highest BCUT2D eigenvalue weighted by Gasteiger charge is 2.27. The Balaban J connectivity index is 1.63. The second-order valence-corrected chi connectivity index (χ2v) is 7.19. The number of anilines is 1. The summed E-state index contributed by atoms with van der Waals surface area (Å²) in [5, 5.41) is 0. The molecule has 0 spiro atoms. The predicted molar refractivity (Wildman–Crippen MR) is 101 cm³/mol. The fourth-order valence-electron chi connectivity index (χ4n) is 4.27. The average Bonchev–Trinajstić information content (AvgIpc) is 3.09. The zero-order valence-corrected chi connectivity index (χ0v) is 15.1. The SMILES string of the molecule is COc1ccc(C)c2c1N(C(=O)Cc1ccc3c(c1)CCC3)CCC2. The summed E-state index contributed by atoms with van der Waals surface area (Å²) in [5.41, 5.74) is 7.50. The Kier molecular flexibility index (Phi) is 4.24. The Morgan fingerprint density at radius 1 is 1.08 bits per heavy atom. The minimum atomic E-state index is 0.169. The average molecular weight is 335 g/mol. The maximum Gasteiger partial charge on any atom is 0.231 e. The van der Waals surface area contributed by atoms with Crippen molar-refractivity contribution < 1.29 is 9.53 Å². The molecule has 0 bridgehead atoms. The van der Waals surface area contributed by atoms with E-state index in [2.05, 4.69) is 31.2 Å². The van der Waals surface area contributed by atoms with Crippen molar-refractivity contribution in [1.82, 2.24) is 0 Å². The lowest BCUT2D eigenvalue weighted by Gasteiger charge is -2.32. The van der Waals surface area contributed by atoms with Crippen molar-refractivity contribution in [3.05, 3.63) is 58.1 Å². The van der Waals surface area contributed by atoms with Gasteiger partial charge in [-0.3, -0.25) is 4.79 Å². The Hall–Kier alpha value is -2.29. The Labute approximate surface area is 149 Å². The summed E-state index contributed by atoms with van der Waals surface area (Å²) < 4.78 is 5.56. The molecular formula is C22H25NO2. The molecule has 0 N–H and O–H groups in total. The van der Waals surface area contributed by atoms with Gasteiger partial charge in [0.2, 0.25) is 5.91 Å². The van der Waals surface area contributed by atoms with Crippen LogP contribution in [0.1, 0.15) is 40.7 Å². The normalized spacial score (nSPS) is 15.7. The van der Waals surface area contributed by atoms with E-state index in [-0.39, 0.29) is 5.91 Å². The molecule has 0 unspecified atom stereocenters. The van der Waals surface area contributed by atoms with Crippen LogP contribution >= 0.6 is 0 Å². The molecule has 0 saturated carbocycles. The number of ether oxygens (including phenoxy) is 1. The first-order chi connectivity index (χ1) is 12.2. The highest BCUT2D eigenvalue weighted by molar-refractivity contribution is 5.97. The predicted octanol–water partition coefficient (Wildman–Crippen LogP) is 4.01. The van der Waals surface area contributed by atoms with Gasteiger partial charge in [0.15, 0.2) is 0 Å². The number of hydrogen-bond acceptors (Lipinski definition) is 2. The Bertz CT molecular complexity index is 825. The van der Waals surface area contributed by atoms with Crippen molar-refractivity contribution in [2.24, 2.45) is 0 Å². The van der Waals surface area contributed by atoms with Gasteiger partial charge >= 0.3 is 0 Å². The number of rotatable bonds is 3. The fourth-order valence-corrected chi connectivity index (χ4v) is 4.27. The van der Waals surface area contributed by atoms with E-state index in [0.717, 1.165) is 42.8 Å². The van der Waals surface area contributed by atoms with Gasteiger partial charge in [-0.1, -0.05) is 24.3 Å². The first kappa shape index (κ1) is 16.2. The van der Waals surface area contributed by atoms with Crippen molar-refractivity contribution in [2.45, 2.75) is 45.4 Å². The maximum atomic E-state index is 13.1. The van der Waals surface area contributed by atoms with Crippen LogP contribution in [0.25, 0.3) is 0 Å². The van der Waals surface area contributed by atoms with E-state index in [1.807, 2.05) is 11.0 Å². The number of carbonyl (C=O) groups is 1. The summed E-state index contributed by atoms with van der Waals surface area (Å²) in [6.45, 7) is 2.89. The van der Waals surface area contributed by atoms with Gasteiger partial charge < -0.3 is 9.64 Å². The number of aryl methyl sites for hydroxylation is 3. The standard InChI is InChI=1S/C22H25NO2/c1-15-8-11-20(25-2)22-19(15)7-4-12-23(22)21(24)14-16-9-10-17-5-3-6-18(17)13-16/h8-11,13H,3-7,12,14H2,1-2H3. The van der Waals surface area contributed by atoms with Crippen molar-refractivity contribution >= 4 is 11.6 Å². The van der Waals surface area contributed by atoms with E-state index in [1.54, 1.807) is 7.11 Å². The maximum absolute atomic E-state index is 13.1. The fraction of sp³-hybridized carbons (Fsp3) is 0.409. The molecule has 3 heteroatoms. The van der Waals surface area contributed by atoms with Crippen molar-refractivity contribution in [1.29, 1.82) is 0 Å². The molecule has 1 amide bonds. The molecular weight excluding hydrogens is 310 g/mol. The molecule has 4 rings (SSSR count). The molecule has 2 aromatic rings. The van der Waals surface area contributed by atoms with Crippen LogP contribution in [0.5, 0.6) is 5.75 Å². The van der Waals surface area contributed by atoms with Crippen molar-refractivity contribution in [2.75, 3.05) is 18.6 Å². The molecule has 0 fully saturated rings. The number of carbonyl (C=O) groups excluding carboxylic acids is 1. The molecule has 3 nitrogen and oxygen atoms in total. The highest BCUT2D eigenvalue weighted by atomic mass is 16.5. The van der Waals surface area contributed by atoms with Crippen LogP contribution in [0.2, 0.25) is 0 Å². The van der Waals surface area contributed by atoms with Crippen LogP contribution in [0.3, 0.4) is 0 Å². The molecule has 1 heterocycles. The monoisotopic (exact) mass is 335 g/mol. The lowest BCUT2D eigenvalue weighted by Crippen LogP contribution is -2.37. The summed E-state index contributed by atoms with van der Waals surface area (Å²) in [7, 11) is 1.68. The number of nitrogens with zero attached hydrogens (tertiary/aromatic N) is 1. The van der Waals surface area contributed by atoms with Crippen LogP contribution in [-0.2, 0) is 30.5 Å². The van der Waals surface area contributed by atoms with Gasteiger partial charge in [0.25, 0.3) is 0 Å². The van der Waals surface area contributed by atoms with Gasteiger partial charge in [0.1, 0.15) is 5.75 Å². The molecule has 0 aromatic heterocycles. The lowest BCUT2D eigenvalue weighted by atomic mass is 9.95. The lowest BCUT2D eigenvalue weighted by molar-refractivity contribution is -0.118. The summed E-state index contributed by atoms with van der Waals surface area (Å²) in [6.07, 6.45) is 6.06. The van der Waals surface area contributed by atoms with Crippen molar-refractivity contribution in [3.8, 4) is 5.75 Å². The first-order valence-corrected chi connectivity index (χ1v) is 9.25. The van der Waals surface area contributed by atoms with E-state index in [4.69, 9.17) is 4.74 Å². The summed E-state index contributed by atoms with van der Waals surface area (Å²) in [5.74, 6) is 0.977. The first-order valence-electron chi connectivity index (χ1n) is 9.25. The van der Waals surface area contributed by atoms with Gasteiger partial charge in [0.05, 0.1) is 19.2 Å². The Morgan fingerprint density at radius 2 is 1.92 bits per heavy atom. The molecule has 0 atom stereocenters. The third-order valence-corrected chi connectivity index (χ3v) is 5.60. The van der Waals surface area contributed by atoms with E-state index >= 15 is 0 Å². The molecule has 0 saturated heterocycles. The van der Waals surface area contributed by atoms with E-state index in [0.29, 0.717) is 6.42 Å². The number of methoxy groups -OCH3 is 1. The smallest absolute Gasteiger partial charge is 0.231 e. The van der Waals surface area contributed by atoms with Crippen molar-refractivity contribution in [3.63, 3.8) is 0 Å². The second-order valence-electron chi connectivity index (χ2n) is 7.19. The zero-order chi connectivity index (χ0) is 17.4. The molecule has 1 aliphatic heterocycles. The number of benzene rings is 2. The molecule has 25 heavy (non-hydrogen) atoms. The van der Waals surface area contributed by atoms with E-state index < -0.39 is 0 Å². The molecule has 2 aliphatic rings. The zero-order valence-electron chi connectivity index (χ0n) is 15.1. The van der Waals surface area contributed by atoms with E-state index in [1.165, 1.54) is 35.1 Å². The summed E-state index contributed by atoms with van der Waals surface area (Å²) in [4.78, 5) is 15.0. The third kappa shape index (κ3) is 2.92. The topological polar surface area (TPSA) is 29.5 Å². The highest BCUT2D eigenvalue weighted by Crippen LogP contribution is 2.38. The minimum Gasteiger partial charge on any atom is -0.495 e. The minimum absolute atomic E-state index is 0.169. The van der Waals surface area contributed by atoms with Crippen LogP contribution in [-0.4, -0.2) is 19.6 Å². The number of hydrogen-bond donors (Lipinski definition) is 0. The van der Waals surface area contributed by atoms with Gasteiger partial charge in [0, 0.05) is 6.54 Å². The Morgan fingerprint density at radius 3 is 2.76 bits per heavy atom. The van der Waals surface area contributed by atoms with Crippen LogP contribution in [0.4, 0.5) is 5.69 Å². The quantitative estimate of drug-likeness (QED) is 0.848. The van der Waals surface area contributed by atoms with Crippen LogP contribution in [0, 0.1) is 6.92 Å². The molecule has 0 radical (unpaired) electrons. The largest absolute Gasteiger partial charge is 0.495 e. The van der Waals surface area contributed by atoms with Gasteiger partial charge in [-0.2, -0.15) is 0 Å². The summed E-state index contributed by atoms with van der Waals surface area (Å²) in [6, 6.07) is 10.6.